The molecule has 1 heterocycles. The highest BCUT2D eigenvalue weighted by atomic mass is 16.5. The molecule has 1 aromatic carbocycles. The summed E-state index contributed by atoms with van der Waals surface area (Å²) in [6.45, 7) is 2.36. The van der Waals surface area contributed by atoms with E-state index >= 15 is 0 Å². The standard InChI is InChI=1S/C15H20N2O2/c1-3-12-9-13(17(2)16-12)10-14(18)11-19-15-7-5-4-6-8-15/h4-9,14,18H,3,10-11H2,1-2H3. The predicted molar refractivity (Wildman–Crippen MR) is 74.2 cm³/mol. The summed E-state index contributed by atoms with van der Waals surface area (Å²) in [5.41, 5.74) is 2.08. The number of hydrogen-bond donors (Lipinski definition) is 1. The van der Waals surface area contributed by atoms with Crippen LogP contribution < -0.4 is 4.74 Å². The number of ether oxygens (including phenoxy) is 1. The van der Waals surface area contributed by atoms with Crippen LogP contribution in [0.3, 0.4) is 0 Å². The largest absolute Gasteiger partial charge is 0.491 e. The van der Waals surface area contributed by atoms with E-state index in [0.717, 1.165) is 23.6 Å². The van der Waals surface area contributed by atoms with Crippen molar-refractivity contribution >= 4 is 0 Å². The van der Waals surface area contributed by atoms with E-state index in [0.29, 0.717) is 6.42 Å². The number of aromatic nitrogens is 2. The van der Waals surface area contributed by atoms with Gasteiger partial charge in [0.1, 0.15) is 12.4 Å². The van der Waals surface area contributed by atoms with Gasteiger partial charge in [0.2, 0.25) is 0 Å². The molecule has 0 spiro atoms. The molecule has 0 bridgehead atoms. The summed E-state index contributed by atoms with van der Waals surface area (Å²) in [5, 5.41) is 14.4. The summed E-state index contributed by atoms with van der Waals surface area (Å²) in [6.07, 6.45) is 0.932. The van der Waals surface area contributed by atoms with Gasteiger partial charge in [-0.05, 0) is 24.6 Å². The molecular weight excluding hydrogens is 240 g/mol. The van der Waals surface area contributed by atoms with Crippen molar-refractivity contribution in [3.8, 4) is 5.75 Å². The lowest BCUT2D eigenvalue weighted by Crippen LogP contribution is -2.21. The zero-order valence-electron chi connectivity index (χ0n) is 11.4. The molecule has 4 heteroatoms. The minimum Gasteiger partial charge on any atom is -0.491 e. The lowest BCUT2D eigenvalue weighted by Gasteiger charge is -2.12. The van der Waals surface area contributed by atoms with Crippen molar-refractivity contribution < 1.29 is 9.84 Å². The molecule has 0 aliphatic heterocycles. The molecule has 0 radical (unpaired) electrons. The normalized spacial score (nSPS) is 12.4. The van der Waals surface area contributed by atoms with E-state index in [1.165, 1.54) is 0 Å². The molecular formula is C15H20N2O2. The first-order valence-electron chi connectivity index (χ1n) is 6.56. The molecule has 2 rings (SSSR count). The van der Waals surface area contributed by atoms with Crippen LogP contribution in [-0.2, 0) is 19.9 Å². The lowest BCUT2D eigenvalue weighted by atomic mass is 10.2. The van der Waals surface area contributed by atoms with Crippen LogP contribution >= 0.6 is 0 Å². The first kappa shape index (κ1) is 13.6. The molecule has 0 saturated carbocycles. The molecule has 0 aliphatic rings. The van der Waals surface area contributed by atoms with Crippen LogP contribution in [0, 0.1) is 0 Å². The number of rotatable bonds is 6. The van der Waals surface area contributed by atoms with Gasteiger partial charge in [-0.2, -0.15) is 5.10 Å². The number of hydrogen-bond acceptors (Lipinski definition) is 3. The molecule has 19 heavy (non-hydrogen) atoms. The Labute approximate surface area is 113 Å². The Bertz CT molecular complexity index is 508. The van der Waals surface area contributed by atoms with Crippen LogP contribution in [0.15, 0.2) is 36.4 Å². The number of para-hydroxylation sites is 1. The van der Waals surface area contributed by atoms with Crippen LogP contribution in [0.25, 0.3) is 0 Å². The molecule has 0 fully saturated rings. The zero-order chi connectivity index (χ0) is 13.7. The molecule has 4 nitrogen and oxygen atoms in total. The SMILES string of the molecule is CCc1cc(CC(O)COc2ccccc2)n(C)n1. The number of aliphatic hydroxyl groups excluding tert-OH is 1. The summed E-state index contributed by atoms with van der Waals surface area (Å²) < 4.78 is 7.36. The summed E-state index contributed by atoms with van der Waals surface area (Å²) in [5.74, 6) is 0.779. The van der Waals surface area contributed by atoms with Crippen molar-refractivity contribution in [1.82, 2.24) is 9.78 Å². The smallest absolute Gasteiger partial charge is 0.119 e. The minimum absolute atomic E-state index is 0.288. The maximum Gasteiger partial charge on any atom is 0.119 e. The first-order chi connectivity index (χ1) is 9.19. The van der Waals surface area contributed by atoms with Gasteiger partial charge in [0.05, 0.1) is 11.8 Å². The molecule has 1 aromatic heterocycles. The number of aryl methyl sites for hydroxylation is 2. The van der Waals surface area contributed by atoms with Gasteiger partial charge in [0.25, 0.3) is 0 Å². The molecule has 0 aliphatic carbocycles. The maximum absolute atomic E-state index is 10.0. The molecule has 1 atom stereocenters. The van der Waals surface area contributed by atoms with E-state index in [1.807, 2.05) is 48.1 Å². The third-order valence-corrected chi connectivity index (χ3v) is 3.02. The summed E-state index contributed by atoms with van der Waals surface area (Å²) in [4.78, 5) is 0. The van der Waals surface area contributed by atoms with Crippen LogP contribution in [-0.4, -0.2) is 27.6 Å². The fourth-order valence-corrected chi connectivity index (χ4v) is 1.94. The number of aliphatic hydroxyl groups is 1. The molecule has 102 valence electrons. The van der Waals surface area contributed by atoms with Crippen molar-refractivity contribution in [3.63, 3.8) is 0 Å². The minimum atomic E-state index is -0.527. The van der Waals surface area contributed by atoms with Crippen molar-refractivity contribution in [2.24, 2.45) is 7.05 Å². The van der Waals surface area contributed by atoms with E-state index in [-0.39, 0.29) is 6.61 Å². The monoisotopic (exact) mass is 260 g/mol. The van der Waals surface area contributed by atoms with Gasteiger partial charge in [0.15, 0.2) is 0 Å². The van der Waals surface area contributed by atoms with Crippen LogP contribution in [0.4, 0.5) is 0 Å². The van der Waals surface area contributed by atoms with E-state index in [4.69, 9.17) is 4.74 Å². The Hall–Kier alpha value is -1.81. The van der Waals surface area contributed by atoms with E-state index in [1.54, 1.807) is 0 Å². The van der Waals surface area contributed by atoms with E-state index in [9.17, 15) is 5.11 Å². The fourth-order valence-electron chi connectivity index (χ4n) is 1.94. The second-order valence-electron chi connectivity index (χ2n) is 4.59. The average Bonchev–Trinajstić information content (AvgIpc) is 2.78. The number of benzene rings is 1. The Balaban J connectivity index is 1.87. The first-order valence-corrected chi connectivity index (χ1v) is 6.56. The number of nitrogens with zero attached hydrogens (tertiary/aromatic N) is 2. The predicted octanol–water partition coefficient (Wildman–Crippen LogP) is 1.96. The van der Waals surface area contributed by atoms with Gasteiger partial charge in [-0.3, -0.25) is 4.68 Å². The zero-order valence-corrected chi connectivity index (χ0v) is 11.4. The van der Waals surface area contributed by atoms with Gasteiger partial charge in [-0.1, -0.05) is 25.1 Å². The lowest BCUT2D eigenvalue weighted by molar-refractivity contribution is 0.106. The molecule has 2 aromatic rings. The van der Waals surface area contributed by atoms with Gasteiger partial charge >= 0.3 is 0 Å². The van der Waals surface area contributed by atoms with Crippen LogP contribution in [0.2, 0.25) is 0 Å². The highest BCUT2D eigenvalue weighted by molar-refractivity contribution is 5.21. The van der Waals surface area contributed by atoms with Crippen LogP contribution in [0.5, 0.6) is 5.75 Å². The highest BCUT2D eigenvalue weighted by Crippen LogP contribution is 2.11. The maximum atomic E-state index is 10.0. The Morgan fingerprint density at radius 3 is 2.68 bits per heavy atom. The second-order valence-corrected chi connectivity index (χ2v) is 4.59. The third-order valence-electron chi connectivity index (χ3n) is 3.02. The van der Waals surface area contributed by atoms with E-state index < -0.39 is 6.10 Å². The van der Waals surface area contributed by atoms with Gasteiger partial charge in [-0.15, -0.1) is 0 Å². The van der Waals surface area contributed by atoms with E-state index in [2.05, 4.69) is 12.0 Å². The quantitative estimate of drug-likeness (QED) is 0.863. The Morgan fingerprint density at radius 1 is 1.32 bits per heavy atom. The Morgan fingerprint density at radius 2 is 2.05 bits per heavy atom. The summed E-state index contributed by atoms with van der Waals surface area (Å²) in [7, 11) is 1.90. The van der Waals surface area contributed by atoms with Crippen molar-refractivity contribution in [3.05, 3.63) is 47.8 Å². The van der Waals surface area contributed by atoms with Crippen molar-refractivity contribution in [1.29, 1.82) is 0 Å². The van der Waals surface area contributed by atoms with Gasteiger partial charge in [0, 0.05) is 19.2 Å². The summed E-state index contributed by atoms with van der Waals surface area (Å²) >= 11 is 0. The highest BCUT2D eigenvalue weighted by Gasteiger charge is 2.11. The summed E-state index contributed by atoms with van der Waals surface area (Å²) in [6, 6.07) is 11.6. The van der Waals surface area contributed by atoms with Gasteiger partial charge < -0.3 is 9.84 Å². The topological polar surface area (TPSA) is 47.3 Å². The average molecular weight is 260 g/mol. The van der Waals surface area contributed by atoms with Crippen LogP contribution in [0.1, 0.15) is 18.3 Å². The molecule has 1 N–H and O–H groups in total. The fraction of sp³-hybridized carbons (Fsp3) is 0.400. The third kappa shape index (κ3) is 3.83. The molecule has 0 amide bonds. The van der Waals surface area contributed by atoms with Gasteiger partial charge in [-0.25, -0.2) is 0 Å². The Kier molecular flexibility index (Phi) is 4.58. The molecule has 0 saturated heterocycles. The van der Waals surface area contributed by atoms with Crippen molar-refractivity contribution in [2.75, 3.05) is 6.61 Å². The molecule has 1 unspecified atom stereocenters. The van der Waals surface area contributed by atoms with Crippen molar-refractivity contribution in [2.45, 2.75) is 25.9 Å². The second kappa shape index (κ2) is 6.38.